The monoisotopic (exact) mass is 390 g/mol. The number of hydrogen-bond acceptors (Lipinski definition) is 9. The van der Waals surface area contributed by atoms with E-state index >= 15 is 0 Å². The maximum atomic E-state index is 11.7. The number of esters is 1. The minimum Gasteiger partial charge on any atom is -0.493 e. The first-order chi connectivity index (χ1) is 13.4. The molecule has 2 aromatic rings. The average molecular weight is 390 g/mol. The minimum atomic E-state index is -0.663. The van der Waals surface area contributed by atoms with Crippen LogP contribution in [-0.4, -0.2) is 50.3 Å². The number of hydrogen-bond donors (Lipinski definition) is 2. The zero-order chi connectivity index (χ0) is 20.7. The number of carbonyl (C=O) groups is 2. The Bertz CT molecular complexity index is 846. The molecule has 3 N–H and O–H groups in total. The number of rotatable bonds is 8. The summed E-state index contributed by atoms with van der Waals surface area (Å²) in [5.41, 5.74) is 7.47. The highest BCUT2D eigenvalue weighted by molar-refractivity contribution is 6.01. The van der Waals surface area contributed by atoms with E-state index in [1.807, 2.05) is 0 Å². The predicted octanol–water partition coefficient (Wildman–Crippen LogP) is 1.18. The molecule has 0 spiro atoms. The molecule has 0 unspecified atom stereocenters. The van der Waals surface area contributed by atoms with Crippen molar-refractivity contribution in [1.29, 1.82) is 0 Å². The summed E-state index contributed by atoms with van der Waals surface area (Å²) in [6, 6.07) is 3.60. The van der Waals surface area contributed by atoms with E-state index in [2.05, 4.69) is 20.0 Å². The average Bonchev–Trinajstić information content (AvgIpc) is 2.68. The van der Waals surface area contributed by atoms with Crippen LogP contribution < -0.4 is 25.3 Å². The number of nitrogens with one attached hydrogen (secondary N) is 1. The Balaban J connectivity index is 2.19. The number of nitrogens with two attached hydrogens (primary N) is 1. The number of methoxy groups -OCH3 is 4. The number of nitrogen functional groups attached to an aromatic ring is 1. The van der Waals surface area contributed by atoms with Crippen LogP contribution in [0.3, 0.4) is 0 Å². The molecule has 0 radical (unpaired) electrons. The first-order valence-corrected chi connectivity index (χ1v) is 8.18. The Kier molecular flexibility index (Phi) is 6.96. The molecule has 0 aliphatic carbocycles. The molecule has 1 heterocycles. The van der Waals surface area contributed by atoms with Gasteiger partial charge in [-0.3, -0.25) is 14.9 Å². The molecule has 1 aromatic carbocycles. The second-order valence-electron chi connectivity index (χ2n) is 5.62. The van der Waals surface area contributed by atoms with Gasteiger partial charge in [0.25, 0.3) is 0 Å². The summed E-state index contributed by atoms with van der Waals surface area (Å²) in [4.78, 5) is 30.9. The third-order valence-electron chi connectivity index (χ3n) is 3.80. The maximum Gasteiger partial charge on any atom is 0.315 e. The number of carbonyl (C=O) groups excluding carboxylic acids is 2. The van der Waals surface area contributed by atoms with Crippen molar-refractivity contribution >= 4 is 23.6 Å². The number of anilines is 2. The zero-order valence-electron chi connectivity index (χ0n) is 16.1. The van der Waals surface area contributed by atoms with Gasteiger partial charge in [0.2, 0.25) is 17.6 Å². The van der Waals surface area contributed by atoms with E-state index in [-0.39, 0.29) is 11.8 Å². The molecule has 0 fully saturated rings. The molecular weight excluding hydrogens is 368 g/mol. The minimum absolute atomic E-state index is 0.0000417. The number of ether oxygens (including phenoxy) is 4. The van der Waals surface area contributed by atoms with Crippen molar-refractivity contribution in [2.45, 2.75) is 12.8 Å². The van der Waals surface area contributed by atoms with Gasteiger partial charge in [0.1, 0.15) is 12.2 Å². The molecule has 0 bridgehead atoms. The summed E-state index contributed by atoms with van der Waals surface area (Å²) in [5.74, 6) is 0.456. The molecule has 10 nitrogen and oxygen atoms in total. The Morgan fingerprint density at radius 3 is 2.21 bits per heavy atom. The van der Waals surface area contributed by atoms with Gasteiger partial charge in [-0.2, -0.15) is 4.98 Å². The van der Waals surface area contributed by atoms with E-state index in [0.29, 0.717) is 29.2 Å². The van der Waals surface area contributed by atoms with Crippen LogP contribution in [0.25, 0.3) is 0 Å². The standard InChI is InChI=1S/C18H22N4O6/c1-25-12-6-10(7-13(26-2)16(12)28-4)5-11-9-20-18(22-17(11)19)21-14(23)8-15(24)27-3/h6-7,9H,5,8H2,1-4H3,(H3,19,20,21,22,23). The molecule has 10 heteroatoms. The van der Waals surface area contributed by atoms with Crippen molar-refractivity contribution in [1.82, 2.24) is 9.97 Å². The van der Waals surface area contributed by atoms with Gasteiger partial charge in [0.05, 0.1) is 28.4 Å². The lowest BCUT2D eigenvalue weighted by Gasteiger charge is -2.14. The van der Waals surface area contributed by atoms with Crippen molar-refractivity contribution in [3.63, 3.8) is 0 Å². The van der Waals surface area contributed by atoms with Gasteiger partial charge in [-0.25, -0.2) is 4.98 Å². The smallest absolute Gasteiger partial charge is 0.315 e. The number of amides is 1. The van der Waals surface area contributed by atoms with Crippen LogP contribution in [0.1, 0.15) is 17.5 Å². The molecule has 28 heavy (non-hydrogen) atoms. The van der Waals surface area contributed by atoms with Crippen LogP contribution in [0.4, 0.5) is 11.8 Å². The van der Waals surface area contributed by atoms with Gasteiger partial charge in [0, 0.05) is 18.2 Å². The second kappa shape index (κ2) is 9.40. The fourth-order valence-corrected chi connectivity index (χ4v) is 2.45. The van der Waals surface area contributed by atoms with Gasteiger partial charge in [-0.05, 0) is 17.7 Å². The maximum absolute atomic E-state index is 11.7. The molecule has 1 aromatic heterocycles. The van der Waals surface area contributed by atoms with E-state index in [9.17, 15) is 9.59 Å². The van der Waals surface area contributed by atoms with Crippen LogP contribution >= 0.6 is 0 Å². The fourth-order valence-electron chi connectivity index (χ4n) is 2.45. The van der Waals surface area contributed by atoms with E-state index in [1.165, 1.54) is 34.6 Å². The van der Waals surface area contributed by atoms with Crippen molar-refractivity contribution in [3.05, 3.63) is 29.5 Å². The lowest BCUT2D eigenvalue weighted by atomic mass is 10.1. The predicted molar refractivity (Wildman–Crippen MR) is 101 cm³/mol. The summed E-state index contributed by atoms with van der Waals surface area (Å²) in [6.45, 7) is 0. The summed E-state index contributed by atoms with van der Waals surface area (Å²) in [5, 5.41) is 2.39. The second-order valence-corrected chi connectivity index (χ2v) is 5.62. The molecule has 0 saturated carbocycles. The third-order valence-corrected chi connectivity index (χ3v) is 3.80. The summed E-state index contributed by atoms with van der Waals surface area (Å²) >= 11 is 0. The first kappa shape index (κ1) is 20.7. The van der Waals surface area contributed by atoms with Crippen molar-refractivity contribution in [2.75, 3.05) is 39.5 Å². The van der Waals surface area contributed by atoms with Gasteiger partial charge in [0.15, 0.2) is 11.5 Å². The van der Waals surface area contributed by atoms with E-state index in [1.54, 1.807) is 12.1 Å². The number of nitrogens with zero attached hydrogens (tertiary/aromatic N) is 2. The molecule has 1 amide bonds. The van der Waals surface area contributed by atoms with Gasteiger partial charge < -0.3 is 24.7 Å². The number of benzene rings is 1. The SMILES string of the molecule is COC(=O)CC(=O)Nc1ncc(Cc2cc(OC)c(OC)c(OC)c2)c(N)n1. The molecule has 0 aliphatic rings. The highest BCUT2D eigenvalue weighted by atomic mass is 16.5. The van der Waals surface area contributed by atoms with E-state index < -0.39 is 18.3 Å². The highest BCUT2D eigenvalue weighted by Crippen LogP contribution is 2.38. The van der Waals surface area contributed by atoms with Gasteiger partial charge >= 0.3 is 5.97 Å². The molecule has 0 saturated heterocycles. The van der Waals surface area contributed by atoms with Gasteiger partial charge in [-0.15, -0.1) is 0 Å². The Morgan fingerprint density at radius 1 is 1.07 bits per heavy atom. The highest BCUT2D eigenvalue weighted by Gasteiger charge is 2.16. The van der Waals surface area contributed by atoms with Crippen LogP contribution in [0.15, 0.2) is 18.3 Å². The Morgan fingerprint density at radius 2 is 1.71 bits per heavy atom. The summed E-state index contributed by atoms with van der Waals surface area (Å²) in [6.07, 6.45) is 1.46. The molecule has 0 atom stereocenters. The van der Waals surface area contributed by atoms with E-state index in [0.717, 1.165) is 5.56 Å². The lowest BCUT2D eigenvalue weighted by molar-refractivity contribution is -0.142. The molecule has 2 rings (SSSR count). The van der Waals surface area contributed by atoms with Crippen molar-refractivity contribution in [2.24, 2.45) is 0 Å². The molecule has 0 aliphatic heterocycles. The fraction of sp³-hybridized carbons (Fsp3) is 0.333. The zero-order valence-corrected chi connectivity index (χ0v) is 16.1. The van der Waals surface area contributed by atoms with Crippen LogP contribution in [0.2, 0.25) is 0 Å². The van der Waals surface area contributed by atoms with Crippen molar-refractivity contribution in [3.8, 4) is 17.2 Å². The van der Waals surface area contributed by atoms with Crippen molar-refractivity contribution < 1.29 is 28.5 Å². The quantitative estimate of drug-likeness (QED) is 0.503. The van der Waals surface area contributed by atoms with Gasteiger partial charge in [-0.1, -0.05) is 0 Å². The topological polar surface area (TPSA) is 135 Å². The Hall–Kier alpha value is -3.56. The largest absolute Gasteiger partial charge is 0.493 e. The lowest BCUT2D eigenvalue weighted by Crippen LogP contribution is -2.19. The number of aromatic nitrogens is 2. The van der Waals surface area contributed by atoms with Crippen LogP contribution in [0.5, 0.6) is 17.2 Å². The Labute approximate surface area is 162 Å². The summed E-state index contributed by atoms with van der Waals surface area (Å²) < 4.78 is 20.4. The molecular formula is C18H22N4O6. The van der Waals surface area contributed by atoms with Crippen LogP contribution in [0, 0.1) is 0 Å². The van der Waals surface area contributed by atoms with E-state index in [4.69, 9.17) is 19.9 Å². The summed E-state index contributed by atoms with van der Waals surface area (Å²) in [7, 11) is 5.79. The first-order valence-electron chi connectivity index (χ1n) is 8.18. The van der Waals surface area contributed by atoms with Crippen LogP contribution in [-0.2, 0) is 20.7 Å². The normalized spacial score (nSPS) is 10.1. The molecule has 150 valence electrons. The third kappa shape index (κ3) is 5.00.